The van der Waals surface area contributed by atoms with Crippen molar-refractivity contribution in [3.05, 3.63) is 65.3 Å². The molecule has 0 aliphatic heterocycles. The van der Waals surface area contributed by atoms with E-state index in [0.29, 0.717) is 76.5 Å². The molecule has 1 aromatic rings. The van der Waals surface area contributed by atoms with Crippen molar-refractivity contribution in [3.63, 3.8) is 0 Å². The van der Waals surface area contributed by atoms with Crippen LogP contribution in [0.1, 0.15) is 81.1 Å². The molecule has 7 nitrogen and oxygen atoms in total. The van der Waals surface area contributed by atoms with E-state index in [-0.39, 0.29) is 28.8 Å². The third-order valence-corrected chi connectivity index (χ3v) is 8.01. The molecule has 1 unspecified atom stereocenters. The number of hydrogen-bond acceptors (Lipinski definition) is 7. The molecule has 0 bridgehead atoms. The fourth-order valence-electron chi connectivity index (χ4n) is 5.59. The van der Waals surface area contributed by atoms with Gasteiger partial charge in [-0.15, -0.1) is 0 Å². The van der Waals surface area contributed by atoms with Crippen molar-refractivity contribution in [2.24, 2.45) is 5.92 Å². The maximum atomic E-state index is 12.8. The minimum Gasteiger partial charge on any atom is -0.491 e. The second-order valence-corrected chi connectivity index (χ2v) is 11.3. The van der Waals surface area contributed by atoms with Gasteiger partial charge in [-0.1, -0.05) is 56.7 Å². The Morgan fingerprint density at radius 1 is 0.952 bits per heavy atom. The van der Waals surface area contributed by atoms with E-state index in [0.717, 1.165) is 56.5 Å². The van der Waals surface area contributed by atoms with Gasteiger partial charge in [-0.25, -0.2) is 0 Å². The van der Waals surface area contributed by atoms with E-state index >= 15 is 0 Å². The Hall–Kier alpha value is -2.87. The summed E-state index contributed by atoms with van der Waals surface area (Å²) >= 11 is 0. The first-order chi connectivity index (χ1) is 20.3. The van der Waals surface area contributed by atoms with Gasteiger partial charge in [0.2, 0.25) is 0 Å². The number of Topliss-reactive ketones (excluding diaryl/α,β-unsaturated/α-hetero) is 2. The van der Waals surface area contributed by atoms with Crippen LogP contribution in [0.15, 0.2) is 54.2 Å². The predicted molar refractivity (Wildman–Crippen MR) is 166 cm³/mol. The number of carbonyl (C=O) groups is 3. The number of fused-ring (bicyclic) bond motifs is 1. The Morgan fingerprint density at radius 3 is 2.48 bits per heavy atom. The van der Waals surface area contributed by atoms with E-state index in [4.69, 9.17) is 14.2 Å². The molecule has 0 N–H and O–H groups in total. The van der Waals surface area contributed by atoms with Crippen molar-refractivity contribution < 1.29 is 28.6 Å². The molecule has 2 aliphatic rings. The van der Waals surface area contributed by atoms with Crippen LogP contribution in [0, 0.1) is 5.92 Å². The summed E-state index contributed by atoms with van der Waals surface area (Å²) in [4.78, 5) is 39.4. The van der Waals surface area contributed by atoms with Crippen LogP contribution in [0.3, 0.4) is 0 Å². The lowest BCUT2D eigenvalue weighted by Gasteiger charge is -2.23. The first kappa shape index (κ1) is 33.6. The van der Waals surface area contributed by atoms with Gasteiger partial charge in [0.25, 0.3) is 0 Å². The van der Waals surface area contributed by atoms with Crippen LogP contribution in [-0.4, -0.2) is 74.9 Å². The first-order valence-electron chi connectivity index (χ1n) is 15.6. The molecular formula is C35H49NO6. The smallest absolute Gasteiger partial charge is 0.186 e. The largest absolute Gasteiger partial charge is 0.491 e. The molecule has 0 radical (unpaired) electrons. The molecule has 230 valence electrons. The van der Waals surface area contributed by atoms with Gasteiger partial charge < -0.3 is 19.1 Å². The summed E-state index contributed by atoms with van der Waals surface area (Å²) in [6.45, 7) is 17.8. The highest BCUT2D eigenvalue weighted by molar-refractivity contribution is 6.21. The van der Waals surface area contributed by atoms with Crippen molar-refractivity contribution >= 4 is 17.3 Å². The number of allylic oxidation sites excluding steroid dienone is 3. The normalized spacial score (nSPS) is 17.0. The number of hydrogen-bond donors (Lipinski definition) is 0. The monoisotopic (exact) mass is 579 g/mol. The van der Waals surface area contributed by atoms with Gasteiger partial charge in [0.05, 0.1) is 32.0 Å². The van der Waals surface area contributed by atoms with Gasteiger partial charge in [0, 0.05) is 36.6 Å². The topological polar surface area (TPSA) is 82.1 Å². The van der Waals surface area contributed by atoms with E-state index in [1.54, 1.807) is 6.08 Å². The van der Waals surface area contributed by atoms with Crippen LogP contribution in [0.5, 0.6) is 5.75 Å². The Kier molecular flexibility index (Phi) is 14.4. The Labute approximate surface area is 252 Å². The fraction of sp³-hybridized carbons (Fsp3) is 0.571. The van der Waals surface area contributed by atoms with Crippen LogP contribution < -0.4 is 4.74 Å². The summed E-state index contributed by atoms with van der Waals surface area (Å²) < 4.78 is 17.5. The molecule has 1 saturated carbocycles. The van der Waals surface area contributed by atoms with Crippen molar-refractivity contribution in [1.29, 1.82) is 0 Å². The van der Waals surface area contributed by atoms with Gasteiger partial charge in [-0.2, -0.15) is 0 Å². The molecule has 0 heterocycles. The summed E-state index contributed by atoms with van der Waals surface area (Å²) in [5.74, 6) is 0.155. The van der Waals surface area contributed by atoms with Gasteiger partial charge in [-0.05, 0) is 63.6 Å². The average Bonchev–Trinajstić information content (AvgIpc) is 2.97. The Balaban J connectivity index is 1.35. The molecule has 2 aliphatic carbocycles. The lowest BCUT2D eigenvalue weighted by atomic mass is 9.79. The maximum Gasteiger partial charge on any atom is 0.186 e. The highest BCUT2D eigenvalue weighted by Gasteiger charge is 2.31. The quantitative estimate of drug-likeness (QED) is 0.0798. The highest BCUT2D eigenvalue weighted by Crippen LogP contribution is 2.33. The lowest BCUT2D eigenvalue weighted by Crippen LogP contribution is -2.30. The zero-order valence-corrected chi connectivity index (χ0v) is 25.7. The number of rotatable bonds is 20. The SMILES string of the molecule is C=C(CCC)CCN(CCC)CCOCCOCCOc1cccc2c1CC(CCC1CCC(=O)C(=C)C1=O)=CC2=O. The number of benzene rings is 1. The van der Waals surface area contributed by atoms with E-state index in [9.17, 15) is 14.4 Å². The molecule has 7 heteroatoms. The second kappa shape index (κ2) is 17.9. The summed E-state index contributed by atoms with van der Waals surface area (Å²) in [5, 5.41) is 0. The molecule has 0 aromatic heterocycles. The van der Waals surface area contributed by atoms with E-state index in [1.165, 1.54) is 5.57 Å². The van der Waals surface area contributed by atoms with Crippen molar-refractivity contribution in [2.45, 2.75) is 71.6 Å². The molecule has 0 saturated heterocycles. The number of nitrogens with zero attached hydrogens (tertiary/aromatic N) is 1. The van der Waals surface area contributed by atoms with Crippen molar-refractivity contribution in [3.8, 4) is 5.75 Å². The van der Waals surface area contributed by atoms with Crippen LogP contribution in [0.4, 0.5) is 0 Å². The minimum absolute atomic E-state index is 0.0388. The van der Waals surface area contributed by atoms with Crippen LogP contribution in [0.2, 0.25) is 0 Å². The standard InChI is InChI=1S/C35H49NO6/c1-5-8-26(3)15-17-36(16-6-2)18-19-40-20-21-41-22-23-42-34-10-7-9-30-31(34)24-28(25-33(30)38)11-12-29-13-14-32(37)27(4)35(29)39/h7,9-10,25,29H,3-6,8,11-24H2,1-2H3. The minimum atomic E-state index is -0.202. The molecule has 0 spiro atoms. The average molecular weight is 580 g/mol. The highest BCUT2D eigenvalue weighted by atomic mass is 16.5. The van der Waals surface area contributed by atoms with Gasteiger partial charge in [-0.3, -0.25) is 14.4 Å². The third-order valence-electron chi connectivity index (χ3n) is 8.01. The molecule has 1 atom stereocenters. The fourth-order valence-corrected chi connectivity index (χ4v) is 5.59. The van der Waals surface area contributed by atoms with Crippen molar-refractivity contribution in [2.75, 3.05) is 52.7 Å². The summed E-state index contributed by atoms with van der Waals surface area (Å²) in [7, 11) is 0. The Bertz CT molecular complexity index is 1140. The van der Waals surface area contributed by atoms with Crippen molar-refractivity contribution in [1.82, 2.24) is 4.90 Å². The zero-order valence-electron chi connectivity index (χ0n) is 25.7. The molecule has 0 amide bonds. The molecule has 42 heavy (non-hydrogen) atoms. The van der Waals surface area contributed by atoms with Crippen LogP contribution in [0.25, 0.3) is 0 Å². The van der Waals surface area contributed by atoms with Gasteiger partial charge in [0.15, 0.2) is 17.3 Å². The maximum absolute atomic E-state index is 12.8. The number of ether oxygens (including phenoxy) is 3. The molecule has 1 fully saturated rings. The van der Waals surface area contributed by atoms with E-state index in [1.807, 2.05) is 18.2 Å². The lowest BCUT2D eigenvalue weighted by molar-refractivity contribution is -0.126. The zero-order chi connectivity index (χ0) is 30.3. The van der Waals surface area contributed by atoms with Gasteiger partial charge >= 0.3 is 0 Å². The summed E-state index contributed by atoms with van der Waals surface area (Å²) in [5.41, 5.74) is 3.97. The second-order valence-electron chi connectivity index (χ2n) is 11.3. The van der Waals surface area contributed by atoms with E-state index in [2.05, 4.69) is 31.9 Å². The molecule has 3 rings (SSSR count). The number of carbonyl (C=O) groups excluding carboxylic acids is 3. The summed E-state index contributed by atoms with van der Waals surface area (Å²) in [6, 6.07) is 5.55. The van der Waals surface area contributed by atoms with Gasteiger partial charge in [0.1, 0.15) is 12.4 Å². The number of ketones is 3. The molecular weight excluding hydrogens is 530 g/mol. The Morgan fingerprint density at radius 2 is 1.71 bits per heavy atom. The van der Waals surface area contributed by atoms with E-state index < -0.39 is 0 Å². The summed E-state index contributed by atoms with van der Waals surface area (Å²) in [6.07, 6.45) is 8.90. The van der Waals surface area contributed by atoms with Crippen LogP contribution in [-0.2, 0) is 25.5 Å². The van der Waals surface area contributed by atoms with Crippen LogP contribution >= 0.6 is 0 Å². The molecule has 1 aromatic carbocycles. The predicted octanol–water partition coefficient (Wildman–Crippen LogP) is 6.11. The first-order valence-corrected chi connectivity index (χ1v) is 15.6. The third kappa shape index (κ3) is 10.4.